The van der Waals surface area contributed by atoms with Crippen molar-refractivity contribution >= 4 is 23.6 Å². The molecule has 0 aliphatic heterocycles. The van der Waals surface area contributed by atoms with Gasteiger partial charge in [-0.2, -0.15) is 0 Å². The van der Waals surface area contributed by atoms with Crippen molar-refractivity contribution in [2.75, 3.05) is 19.5 Å². The van der Waals surface area contributed by atoms with E-state index in [0.717, 1.165) is 0 Å². The minimum Gasteiger partial charge on any atom is -0.495 e. The molecule has 0 saturated carbocycles. The second kappa shape index (κ2) is 7.12. The van der Waals surface area contributed by atoms with E-state index in [1.54, 1.807) is 43.5 Å². The Morgan fingerprint density at radius 2 is 2.09 bits per heavy atom. The quantitative estimate of drug-likeness (QED) is 0.830. The van der Waals surface area contributed by atoms with Gasteiger partial charge < -0.3 is 19.8 Å². The van der Waals surface area contributed by atoms with Crippen molar-refractivity contribution < 1.29 is 18.7 Å². The van der Waals surface area contributed by atoms with Crippen molar-refractivity contribution in [3.05, 3.63) is 54.0 Å². The van der Waals surface area contributed by atoms with E-state index < -0.39 is 0 Å². The summed E-state index contributed by atoms with van der Waals surface area (Å²) in [6.07, 6.45) is 4.43. The Labute approximate surface area is 127 Å². The Kier molecular flexibility index (Phi) is 4.98. The Balaban J connectivity index is 2.11. The molecule has 0 bridgehead atoms. The maximum atomic E-state index is 11.9. The SMILES string of the molecule is CNC(=O)c1ccc(NC(=O)/C=C/c2ccco2)c(OC)c1. The number of methoxy groups -OCH3 is 1. The molecule has 0 aliphatic rings. The van der Waals surface area contributed by atoms with Crippen molar-refractivity contribution in [1.82, 2.24) is 5.32 Å². The van der Waals surface area contributed by atoms with E-state index in [1.807, 2.05) is 0 Å². The summed E-state index contributed by atoms with van der Waals surface area (Å²) in [6.45, 7) is 0. The van der Waals surface area contributed by atoms with Crippen LogP contribution in [0, 0.1) is 0 Å². The molecule has 2 N–H and O–H groups in total. The van der Waals surface area contributed by atoms with Gasteiger partial charge in [0.25, 0.3) is 5.91 Å². The van der Waals surface area contributed by atoms with E-state index in [2.05, 4.69) is 10.6 Å². The van der Waals surface area contributed by atoms with Crippen molar-refractivity contribution in [3.8, 4) is 5.75 Å². The number of rotatable bonds is 5. The molecule has 0 fully saturated rings. The maximum absolute atomic E-state index is 11.9. The minimum atomic E-state index is -0.331. The number of hydrogen-bond donors (Lipinski definition) is 2. The topological polar surface area (TPSA) is 80.6 Å². The van der Waals surface area contributed by atoms with Crippen LogP contribution in [0.2, 0.25) is 0 Å². The van der Waals surface area contributed by atoms with Crippen molar-refractivity contribution in [3.63, 3.8) is 0 Å². The molecule has 22 heavy (non-hydrogen) atoms. The first-order chi connectivity index (χ1) is 10.6. The molecule has 2 aromatic rings. The number of anilines is 1. The lowest BCUT2D eigenvalue weighted by atomic mass is 10.1. The van der Waals surface area contributed by atoms with Gasteiger partial charge in [0.15, 0.2) is 0 Å². The molecule has 1 aromatic carbocycles. The van der Waals surface area contributed by atoms with Gasteiger partial charge in [-0.1, -0.05) is 0 Å². The van der Waals surface area contributed by atoms with E-state index in [9.17, 15) is 9.59 Å². The first kappa shape index (κ1) is 15.4. The molecule has 1 heterocycles. The predicted octanol–water partition coefficient (Wildman–Crippen LogP) is 2.30. The summed E-state index contributed by atoms with van der Waals surface area (Å²) in [4.78, 5) is 23.4. The highest BCUT2D eigenvalue weighted by atomic mass is 16.5. The Morgan fingerprint density at radius 1 is 1.27 bits per heavy atom. The molecule has 0 atom stereocenters. The lowest BCUT2D eigenvalue weighted by Crippen LogP contribution is -2.18. The van der Waals surface area contributed by atoms with Crippen molar-refractivity contribution in [1.29, 1.82) is 0 Å². The molecule has 0 spiro atoms. The summed E-state index contributed by atoms with van der Waals surface area (Å²) in [6, 6.07) is 8.25. The van der Waals surface area contributed by atoms with Crippen molar-refractivity contribution in [2.45, 2.75) is 0 Å². The fourth-order valence-electron chi connectivity index (χ4n) is 1.80. The second-order valence-electron chi connectivity index (χ2n) is 4.33. The van der Waals surface area contributed by atoms with Crippen LogP contribution in [-0.2, 0) is 4.79 Å². The Bertz CT molecular complexity index is 690. The normalized spacial score (nSPS) is 10.5. The van der Waals surface area contributed by atoms with E-state index >= 15 is 0 Å². The first-order valence-corrected chi connectivity index (χ1v) is 6.56. The zero-order valence-corrected chi connectivity index (χ0v) is 12.3. The molecule has 1 aromatic heterocycles. The number of ether oxygens (including phenoxy) is 1. The van der Waals surface area contributed by atoms with Crippen molar-refractivity contribution in [2.24, 2.45) is 0 Å². The third-order valence-corrected chi connectivity index (χ3v) is 2.89. The molecule has 2 rings (SSSR count). The molecule has 0 aliphatic carbocycles. The zero-order chi connectivity index (χ0) is 15.9. The largest absolute Gasteiger partial charge is 0.495 e. The monoisotopic (exact) mass is 300 g/mol. The van der Waals surface area contributed by atoms with Gasteiger partial charge in [0.1, 0.15) is 11.5 Å². The molecule has 114 valence electrons. The average molecular weight is 300 g/mol. The Morgan fingerprint density at radius 3 is 2.73 bits per heavy atom. The fraction of sp³-hybridized carbons (Fsp3) is 0.125. The van der Waals surface area contributed by atoms with Crippen LogP contribution in [0.5, 0.6) is 5.75 Å². The lowest BCUT2D eigenvalue weighted by molar-refractivity contribution is -0.111. The molecule has 2 amide bonds. The summed E-state index contributed by atoms with van der Waals surface area (Å²) in [5.41, 5.74) is 0.924. The third kappa shape index (κ3) is 3.76. The van der Waals surface area contributed by atoms with Gasteiger partial charge in [0.2, 0.25) is 5.91 Å². The summed E-state index contributed by atoms with van der Waals surface area (Å²) in [5, 5.41) is 5.21. The number of benzene rings is 1. The third-order valence-electron chi connectivity index (χ3n) is 2.89. The van der Waals surface area contributed by atoms with Gasteiger partial charge in [0.05, 0.1) is 19.1 Å². The molecular formula is C16H16N2O4. The fourth-order valence-corrected chi connectivity index (χ4v) is 1.80. The number of carbonyl (C=O) groups excluding carboxylic acids is 2. The van der Waals surface area contributed by atoms with E-state index in [4.69, 9.17) is 9.15 Å². The van der Waals surface area contributed by atoms with Gasteiger partial charge in [-0.15, -0.1) is 0 Å². The molecule has 0 saturated heterocycles. The van der Waals surface area contributed by atoms with E-state index in [-0.39, 0.29) is 11.8 Å². The summed E-state index contributed by atoms with van der Waals surface area (Å²) in [5.74, 6) is 0.425. The highest BCUT2D eigenvalue weighted by Crippen LogP contribution is 2.25. The Hall–Kier alpha value is -3.02. The number of hydrogen-bond acceptors (Lipinski definition) is 4. The predicted molar refractivity (Wildman–Crippen MR) is 82.8 cm³/mol. The number of nitrogens with one attached hydrogen (secondary N) is 2. The molecular weight excluding hydrogens is 284 g/mol. The smallest absolute Gasteiger partial charge is 0.251 e. The summed E-state index contributed by atoms with van der Waals surface area (Å²) in [7, 11) is 3.02. The molecule has 6 heteroatoms. The van der Waals surface area contributed by atoms with Crippen LogP contribution < -0.4 is 15.4 Å². The standard InChI is InChI=1S/C16H16N2O4/c1-17-16(20)11-5-7-13(14(10-11)21-2)18-15(19)8-6-12-4-3-9-22-12/h3-10H,1-2H3,(H,17,20)(H,18,19)/b8-6+. The molecule has 0 unspecified atom stereocenters. The van der Waals surface area contributed by atoms with Crippen LogP contribution in [0.3, 0.4) is 0 Å². The zero-order valence-electron chi connectivity index (χ0n) is 12.3. The molecule has 0 radical (unpaired) electrons. The average Bonchev–Trinajstić information content (AvgIpc) is 3.06. The van der Waals surface area contributed by atoms with E-state index in [1.165, 1.54) is 19.4 Å². The first-order valence-electron chi connectivity index (χ1n) is 6.56. The van der Waals surface area contributed by atoms with Gasteiger partial charge in [-0.05, 0) is 36.4 Å². The van der Waals surface area contributed by atoms with Crippen LogP contribution in [0.15, 0.2) is 47.1 Å². The second-order valence-corrected chi connectivity index (χ2v) is 4.33. The van der Waals surface area contributed by atoms with Gasteiger partial charge in [0, 0.05) is 18.7 Å². The number of amides is 2. The van der Waals surface area contributed by atoms with Crippen LogP contribution in [-0.4, -0.2) is 26.0 Å². The highest BCUT2D eigenvalue weighted by Gasteiger charge is 2.10. The summed E-state index contributed by atoms with van der Waals surface area (Å²) >= 11 is 0. The highest BCUT2D eigenvalue weighted by molar-refractivity contribution is 6.03. The number of carbonyl (C=O) groups is 2. The lowest BCUT2D eigenvalue weighted by Gasteiger charge is -2.10. The van der Waals surface area contributed by atoms with Crippen LogP contribution in [0.1, 0.15) is 16.1 Å². The van der Waals surface area contributed by atoms with Crippen LogP contribution in [0.4, 0.5) is 5.69 Å². The van der Waals surface area contributed by atoms with Crippen LogP contribution >= 0.6 is 0 Å². The van der Waals surface area contributed by atoms with E-state index in [0.29, 0.717) is 22.8 Å². The minimum absolute atomic E-state index is 0.228. The van der Waals surface area contributed by atoms with Gasteiger partial charge in [-0.25, -0.2) is 0 Å². The van der Waals surface area contributed by atoms with Gasteiger partial charge in [-0.3, -0.25) is 9.59 Å². The summed E-state index contributed by atoms with van der Waals surface area (Å²) < 4.78 is 10.3. The number of furan rings is 1. The molecule has 6 nitrogen and oxygen atoms in total. The van der Waals surface area contributed by atoms with Crippen LogP contribution in [0.25, 0.3) is 6.08 Å². The van der Waals surface area contributed by atoms with Gasteiger partial charge >= 0.3 is 0 Å². The maximum Gasteiger partial charge on any atom is 0.251 e.